The molecule has 1 aromatic rings. The van der Waals surface area contributed by atoms with E-state index in [0.29, 0.717) is 0 Å². The van der Waals surface area contributed by atoms with Gasteiger partial charge in [-0.2, -0.15) is 0 Å². The lowest BCUT2D eigenvalue weighted by molar-refractivity contribution is -0.193. The Kier molecular flexibility index (Phi) is 4.91. The number of aliphatic hydroxyl groups excluding tert-OH is 2. The molecule has 2 heterocycles. The molecule has 0 unspecified atom stereocenters. The van der Waals surface area contributed by atoms with Crippen molar-refractivity contribution in [3.8, 4) is 0 Å². The molecule has 0 radical (unpaired) electrons. The summed E-state index contributed by atoms with van der Waals surface area (Å²) in [6, 6.07) is 0.289. The van der Waals surface area contributed by atoms with Crippen molar-refractivity contribution in [2.75, 3.05) is 20.8 Å². The number of nitrogens with zero attached hydrogens (tertiary/aromatic N) is 1. The van der Waals surface area contributed by atoms with Crippen LogP contribution in [0.3, 0.4) is 0 Å². The number of hydrogen-bond acceptors (Lipinski definition) is 7. The molecule has 1 aliphatic heterocycles. The number of aromatic amines is 1. The molecule has 1 aliphatic rings. The van der Waals surface area contributed by atoms with Gasteiger partial charge in [-0.25, -0.2) is 4.79 Å². The van der Waals surface area contributed by atoms with Crippen molar-refractivity contribution >= 4 is 0 Å². The Hall–Kier alpha value is -1.52. The van der Waals surface area contributed by atoms with Crippen molar-refractivity contribution < 1.29 is 24.4 Å². The average molecular weight is 302 g/mol. The predicted octanol–water partition coefficient (Wildman–Crippen LogP) is -2.18. The van der Waals surface area contributed by atoms with Gasteiger partial charge in [0.1, 0.15) is 18.3 Å². The Morgan fingerprint density at radius 2 is 2.10 bits per heavy atom. The average Bonchev–Trinajstić information content (AvgIpc) is 2.78. The molecule has 9 heteroatoms. The highest BCUT2D eigenvalue weighted by atomic mass is 16.7. The third kappa shape index (κ3) is 2.92. The molecule has 1 fully saturated rings. The van der Waals surface area contributed by atoms with E-state index in [9.17, 15) is 19.8 Å². The van der Waals surface area contributed by atoms with Crippen molar-refractivity contribution in [2.24, 2.45) is 0 Å². The molecule has 0 saturated carbocycles. The molecule has 0 aliphatic carbocycles. The van der Waals surface area contributed by atoms with Gasteiger partial charge in [-0.15, -0.1) is 0 Å². The van der Waals surface area contributed by atoms with E-state index in [0.717, 1.165) is 10.6 Å². The first-order valence-electron chi connectivity index (χ1n) is 6.35. The van der Waals surface area contributed by atoms with E-state index in [-0.39, 0.29) is 0 Å². The van der Waals surface area contributed by atoms with Gasteiger partial charge in [-0.1, -0.05) is 0 Å². The first kappa shape index (κ1) is 15.9. The number of H-pyrrole nitrogens is 1. The van der Waals surface area contributed by atoms with Gasteiger partial charge in [0.25, 0.3) is 5.56 Å². The maximum absolute atomic E-state index is 11.8. The Balaban J connectivity index is 2.37. The second-order valence-electron chi connectivity index (χ2n) is 4.66. The number of rotatable bonds is 5. The number of nitrogens with one attached hydrogen (secondary N) is 1. The Morgan fingerprint density at radius 3 is 2.62 bits per heavy atom. The smallest absolute Gasteiger partial charge is 0.328 e. The van der Waals surface area contributed by atoms with Crippen LogP contribution in [0.2, 0.25) is 0 Å². The summed E-state index contributed by atoms with van der Waals surface area (Å²) < 4.78 is 16.7. The number of aliphatic hydroxyl groups is 2. The SMILES string of the molecule is COC(OC)[C@@H]1O[C@@H](CO)[C@H](n2ccc(=O)[nH]c2=O)[C@H]1O. The van der Waals surface area contributed by atoms with Crippen LogP contribution in [0, 0.1) is 0 Å². The van der Waals surface area contributed by atoms with Crippen LogP contribution >= 0.6 is 0 Å². The molecule has 0 bridgehead atoms. The van der Waals surface area contributed by atoms with E-state index in [1.165, 1.54) is 20.4 Å². The van der Waals surface area contributed by atoms with Crippen LogP contribution in [-0.2, 0) is 14.2 Å². The van der Waals surface area contributed by atoms with Crippen molar-refractivity contribution in [3.63, 3.8) is 0 Å². The van der Waals surface area contributed by atoms with Crippen LogP contribution in [0.1, 0.15) is 6.04 Å². The highest BCUT2D eigenvalue weighted by Crippen LogP contribution is 2.32. The van der Waals surface area contributed by atoms with E-state index in [2.05, 4.69) is 4.98 Å². The number of methoxy groups -OCH3 is 2. The van der Waals surface area contributed by atoms with Crippen LogP contribution in [-0.4, -0.2) is 65.2 Å². The summed E-state index contributed by atoms with van der Waals surface area (Å²) in [7, 11) is 2.77. The summed E-state index contributed by atoms with van der Waals surface area (Å²) in [5, 5.41) is 19.8. The summed E-state index contributed by atoms with van der Waals surface area (Å²) >= 11 is 0. The van der Waals surface area contributed by atoms with Crippen molar-refractivity contribution in [3.05, 3.63) is 33.1 Å². The fourth-order valence-corrected chi connectivity index (χ4v) is 2.52. The second-order valence-corrected chi connectivity index (χ2v) is 4.66. The fourth-order valence-electron chi connectivity index (χ4n) is 2.52. The third-order valence-electron chi connectivity index (χ3n) is 3.48. The van der Waals surface area contributed by atoms with E-state index < -0.39 is 48.5 Å². The first-order valence-corrected chi connectivity index (χ1v) is 6.35. The molecule has 4 atom stereocenters. The minimum absolute atomic E-state index is 0.413. The van der Waals surface area contributed by atoms with Gasteiger partial charge in [-0.05, 0) is 0 Å². The molecule has 9 nitrogen and oxygen atoms in total. The monoisotopic (exact) mass is 302 g/mol. The second kappa shape index (κ2) is 6.50. The topological polar surface area (TPSA) is 123 Å². The van der Waals surface area contributed by atoms with Crippen molar-refractivity contribution in [1.29, 1.82) is 0 Å². The maximum atomic E-state index is 11.8. The van der Waals surface area contributed by atoms with Crippen LogP contribution in [0.15, 0.2) is 21.9 Å². The summed E-state index contributed by atoms with van der Waals surface area (Å²) in [6.07, 6.45) is -2.46. The molecular formula is C12H18N2O7. The summed E-state index contributed by atoms with van der Waals surface area (Å²) in [6.45, 7) is -0.413. The highest BCUT2D eigenvalue weighted by Gasteiger charge is 2.48. The zero-order valence-electron chi connectivity index (χ0n) is 11.6. The van der Waals surface area contributed by atoms with Crippen molar-refractivity contribution in [1.82, 2.24) is 9.55 Å². The van der Waals surface area contributed by atoms with Gasteiger partial charge in [0.15, 0.2) is 6.29 Å². The maximum Gasteiger partial charge on any atom is 0.328 e. The van der Waals surface area contributed by atoms with Gasteiger partial charge in [0.2, 0.25) is 0 Å². The summed E-state index contributed by atoms with van der Waals surface area (Å²) in [5.41, 5.74) is -1.24. The number of ether oxygens (including phenoxy) is 3. The van der Waals surface area contributed by atoms with E-state index in [1.807, 2.05) is 0 Å². The van der Waals surface area contributed by atoms with Crippen LogP contribution in [0.5, 0.6) is 0 Å². The van der Waals surface area contributed by atoms with E-state index >= 15 is 0 Å². The molecular weight excluding hydrogens is 284 g/mol. The number of aromatic nitrogens is 2. The molecule has 3 N–H and O–H groups in total. The molecule has 118 valence electrons. The highest BCUT2D eigenvalue weighted by molar-refractivity contribution is 4.99. The summed E-state index contributed by atoms with van der Waals surface area (Å²) in [5.74, 6) is 0. The molecule has 1 aromatic heterocycles. The van der Waals surface area contributed by atoms with Gasteiger partial charge in [0.05, 0.1) is 12.6 Å². The van der Waals surface area contributed by atoms with Crippen LogP contribution in [0.25, 0.3) is 0 Å². The van der Waals surface area contributed by atoms with Crippen molar-refractivity contribution in [2.45, 2.75) is 30.6 Å². The molecule has 1 saturated heterocycles. The Bertz CT molecular complexity index is 579. The zero-order chi connectivity index (χ0) is 15.6. The van der Waals surface area contributed by atoms with Gasteiger partial charge >= 0.3 is 5.69 Å². The fraction of sp³-hybridized carbons (Fsp3) is 0.667. The third-order valence-corrected chi connectivity index (χ3v) is 3.48. The van der Waals surface area contributed by atoms with Gasteiger partial charge in [-0.3, -0.25) is 14.3 Å². The zero-order valence-corrected chi connectivity index (χ0v) is 11.6. The molecule has 0 spiro atoms. The summed E-state index contributed by atoms with van der Waals surface area (Å²) in [4.78, 5) is 25.0. The van der Waals surface area contributed by atoms with Crippen LogP contribution in [0.4, 0.5) is 0 Å². The lowest BCUT2D eigenvalue weighted by atomic mass is 10.0. The largest absolute Gasteiger partial charge is 0.394 e. The molecule has 0 aromatic carbocycles. The Morgan fingerprint density at radius 1 is 1.43 bits per heavy atom. The standard InChI is InChI=1S/C12H18N2O7/c1-19-11(20-2)10-9(17)8(6(5-15)21-10)14-4-3-7(16)13-12(14)18/h3-4,6,8-11,15,17H,5H2,1-2H3,(H,13,16,18)/t6-,8-,9+,10+/m0/s1. The first-order chi connectivity index (χ1) is 10.0. The lowest BCUT2D eigenvalue weighted by Gasteiger charge is -2.24. The minimum Gasteiger partial charge on any atom is -0.394 e. The van der Waals surface area contributed by atoms with Crippen LogP contribution < -0.4 is 11.2 Å². The van der Waals surface area contributed by atoms with Gasteiger partial charge in [0, 0.05) is 26.5 Å². The lowest BCUT2D eigenvalue weighted by Crippen LogP contribution is -2.43. The Labute approximate surface area is 119 Å². The van der Waals surface area contributed by atoms with E-state index in [1.54, 1.807) is 0 Å². The quantitative estimate of drug-likeness (QED) is 0.528. The molecule has 0 amide bonds. The normalized spacial score (nSPS) is 29.2. The minimum atomic E-state index is -1.16. The molecule has 21 heavy (non-hydrogen) atoms. The van der Waals surface area contributed by atoms with Gasteiger partial charge < -0.3 is 24.4 Å². The van der Waals surface area contributed by atoms with E-state index in [4.69, 9.17) is 14.2 Å². The predicted molar refractivity (Wildman–Crippen MR) is 69.9 cm³/mol. The molecule has 2 rings (SSSR count). The number of hydrogen-bond donors (Lipinski definition) is 3.